The summed E-state index contributed by atoms with van der Waals surface area (Å²) in [6.45, 7) is 9.14. The summed E-state index contributed by atoms with van der Waals surface area (Å²) < 4.78 is 0. The van der Waals surface area contributed by atoms with Gasteiger partial charge in [0.15, 0.2) is 0 Å². The lowest BCUT2D eigenvalue weighted by Crippen LogP contribution is -2.39. The van der Waals surface area contributed by atoms with Crippen LogP contribution in [0.3, 0.4) is 0 Å². The molecule has 4 heteroatoms. The van der Waals surface area contributed by atoms with Crippen LogP contribution in [0.1, 0.15) is 103 Å². The molecule has 3 nitrogen and oxygen atoms in total. The van der Waals surface area contributed by atoms with Gasteiger partial charge in [-0.3, -0.25) is 0 Å². The van der Waals surface area contributed by atoms with Crippen molar-refractivity contribution in [3.8, 4) is 0 Å². The van der Waals surface area contributed by atoms with Crippen molar-refractivity contribution in [2.24, 2.45) is 11.7 Å². The van der Waals surface area contributed by atoms with Crippen molar-refractivity contribution in [1.82, 2.24) is 10.2 Å². The molecule has 1 rings (SSSR count). The molecular formula is C23H50ClN3. The van der Waals surface area contributed by atoms with Crippen LogP contribution in [0.5, 0.6) is 0 Å². The van der Waals surface area contributed by atoms with E-state index in [0.717, 1.165) is 19.0 Å². The average molecular weight is 404 g/mol. The summed E-state index contributed by atoms with van der Waals surface area (Å²) in [5.74, 6) is 0.894. The van der Waals surface area contributed by atoms with Gasteiger partial charge in [0.25, 0.3) is 0 Å². The van der Waals surface area contributed by atoms with E-state index in [4.69, 9.17) is 5.73 Å². The van der Waals surface area contributed by atoms with E-state index in [1.807, 2.05) is 0 Å². The molecule has 0 aromatic rings. The molecule has 0 spiro atoms. The number of halogens is 1. The second-order valence-electron chi connectivity index (χ2n) is 8.52. The first-order valence-corrected chi connectivity index (χ1v) is 12.0. The molecule has 1 aliphatic rings. The molecule has 0 aliphatic carbocycles. The Morgan fingerprint density at radius 1 is 0.778 bits per heavy atom. The van der Waals surface area contributed by atoms with Crippen molar-refractivity contribution < 1.29 is 0 Å². The quantitative estimate of drug-likeness (QED) is 0.286. The number of nitrogens with one attached hydrogen (secondary N) is 1. The Labute approximate surface area is 177 Å². The summed E-state index contributed by atoms with van der Waals surface area (Å²) in [5.41, 5.74) is 5.64. The van der Waals surface area contributed by atoms with Crippen molar-refractivity contribution in [3.63, 3.8) is 0 Å². The topological polar surface area (TPSA) is 41.3 Å². The SMILES string of the molecule is CCCCCCCCCCCCCCCNCC1CCN(CCN)CC1.Cl. The van der Waals surface area contributed by atoms with Crippen LogP contribution in [-0.2, 0) is 0 Å². The second-order valence-corrected chi connectivity index (χ2v) is 8.52. The zero-order valence-corrected chi connectivity index (χ0v) is 19.2. The molecule has 1 heterocycles. The molecule has 0 bridgehead atoms. The molecule has 1 fully saturated rings. The summed E-state index contributed by atoms with van der Waals surface area (Å²) in [6.07, 6.45) is 21.4. The molecule has 27 heavy (non-hydrogen) atoms. The van der Waals surface area contributed by atoms with Crippen LogP contribution in [0.4, 0.5) is 0 Å². The van der Waals surface area contributed by atoms with Crippen molar-refractivity contribution in [1.29, 1.82) is 0 Å². The molecule has 1 aliphatic heterocycles. The van der Waals surface area contributed by atoms with Gasteiger partial charge in [-0.05, 0) is 51.4 Å². The maximum atomic E-state index is 5.64. The number of likely N-dealkylation sites (tertiary alicyclic amines) is 1. The fraction of sp³-hybridized carbons (Fsp3) is 1.00. The molecule has 0 amide bonds. The van der Waals surface area contributed by atoms with E-state index in [-0.39, 0.29) is 12.4 Å². The largest absolute Gasteiger partial charge is 0.329 e. The first-order valence-electron chi connectivity index (χ1n) is 12.0. The molecular weight excluding hydrogens is 354 g/mol. The molecule has 0 aromatic heterocycles. The van der Waals surface area contributed by atoms with Gasteiger partial charge in [-0.1, -0.05) is 84.0 Å². The molecule has 0 unspecified atom stereocenters. The van der Waals surface area contributed by atoms with Crippen LogP contribution in [-0.4, -0.2) is 44.2 Å². The van der Waals surface area contributed by atoms with E-state index in [0.29, 0.717) is 0 Å². The Morgan fingerprint density at radius 2 is 1.26 bits per heavy atom. The Bertz CT molecular complexity index is 281. The number of hydrogen-bond donors (Lipinski definition) is 2. The highest BCUT2D eigenvalue weighted by atomic mass is 35.5. The van der Waals surface area contributed by atoms with Crippen LogP contribution < -0.4 is 11.1 Å². The van der Waals surface area contributed by atoms with Crippen molar-refractivity contribution in [2.45, 2.75) is 103 Å². The predicted octanol–water partition coefficient (Wildman–Crippen LogP) is 5.76. The van der Waals surface area contributed by atoms with Gasteiger partial charge >= 0.3 is 0 Å². The summed E-state index contributed by atoms with van der Waals surface area (Å²) in [7, 11) is 0. The fourth-order valence-electron chi connectivity index (χ4n) is 4.17. The lowest BCUT2D eigenvalue weighted by atomic mass is 9.97. The van der Waals surface area contributed by atoms with Gasteiger partial charge in [0.1, 0.15) is 0 Å². The standard InChI is InChI=1S/C23H49N3.ClH/c1-2-3-4-5-6-7-8-9-10-11-12-13-14-18-25-22-23-15-19-26(20-16-23)21-17-24;/h23,25H,2-22,24H2,1H3;1H. The summed E-state index contributed by atoms with van der Waals surface area (Å²) in [5, 5.41) is 3.70. The normalized spacial score (nSPS) is 15.8. The number of rotatable bonds is 18. The van der Waals surface area contributed by atoms with Crippen molar-refractivity contribution >= 4 is 12.4 Å². The lowest BCUT2D eigenvalue weighted by molar-refractivity contribution is 0.186. The second kappa shape index (κ2) is 20.9. The number of piperidine rings is 1. The van der Waals surface area contributed by atoms with Crippen LogP contribution in [0.2, 0.25) is 0 Å². The third-order valence-electron chi connectivity index (χ3n) is 6.04. The zero-order valence-electron chi connectivity index (χ0n) is 18.4. The minimum Gasteiger partial charge on any atom is -0.329 e. The van der Waals surface area contributed by atoms with Gasteiger partial charge in [0, 0.05) is 13.1 Å². The maximum Gasteiger partial charge on any atom is 0.0105 e. The van der Waals surface area contributed by atoms with E-state index >= 15 is 0 Å². The zero-order chi connectivity index (χ0) is 18.7. The minimum atomic E-state index is 0. The predicted molar refractivity (Wildman–Crippen MR) is 124 cm³/mol. The van der Waals surface area contributed by atoms with Crippen LogP contribution in [0.15, 0.2) is 0 Å². The molecule has 1 saturated heterocycles. The smallest absolute Gasteiger partial charge is 0.0105 e. The van der Waals surface area contributed by atoms with Crippen LogP contribution in [0.25, 0.3) is 0 Å². The van der Waals surface area contributed by atoms with E-state index in [1.165, 1.54) is 122 Å². The van der Waals surface area contributed by atoms with Gasteiger partial charge in [0.2, 0.25) is 0 Å². The summed E-state index contributed by atoms with van der Waals surface area (Å²) in [6, 6.07) is 0. The van der Waals surface area contributed by atoms with E-state index in [9.17, 15) is 0 Å². The van der Waals surface area contributed by atoms with Crippen molar-refractivity contribution in [2.75, 3.05) is 39.3 Å². The Kier molecular flexibility index (Phi) is 21.0. The first kappa shape index (κ1) is 27.2. The molecule has 0 atom stereocenters. The third kappa shape index (κ3) is 16.8. The fourth-order valence-corrected chi connectivity index (χ4v) is 4.17. The van der Waals surface area contributed by atoms with Gasteiger partial charge in [0.05, 0.1) is 0 Å². The minimum absolute atomic E-state index is 0. The molecule has 0 radical (unpaired) electrons. The van der Waals surface area contributed by atoms with Crippen molar-refractivity contribution in [3.05, 3.63) is 0 Å². The van der Waals surface area contributed by atoms with Gasteiger partial charge in [-0.2, -0.15) is 0 Å². The summed E-state index contributed by atoms with van der Waals surface area (Å²) >= 11 is 0. The van der Waals surface area contributed by atoms with Gasteiger partial charge < -0.3 is 16.0 Å². The maximum absolute atomic E-state index is 5.64. The van der Waals surface area contributed by atoms with E-state index in [1.54, 1.807) is 0 Å². The number of nitrogens with zero attached hydrogens (tertiary/aromatic N) is 1. The molecule has 0 saturated carbocycles. The highest BCUT2D eigenvalue weighted by molar-refractivity contribution is 5.85. The van der Waals surface area contributed by atoms with Crippen LogP contribution in [0, 0.1) is 5.92 Å². The van der Waals surface area contributed by atoms with Gasteiger partial charge in [-0.15, -0.1) is 12.4 Å². The molecule has 3 N–H and O–H groups in total. The first-order chi connectivity index (χ1) is 12.9. The lowest BCUT2D eigenvalue weighted by Gasteiger charge is -2.31. The van der Waals surface area contributed by atoms with Crippen LogP contribution >= 0.6 is 12.4 Å². The average Bonchev–Trinajstić information content (AvgIpc) is 2.66. The third-order valence-corrected chi connectivity index (χ3v) is 6.04. The molecule has 0 aromatic carbocycles. The van der Waals surface area contributed by atoms with E-state index in [2.05, 4.69) is 17.1 Å². The molecule has 164 valence electrons. The Hall–Kier alpha value is 0.170. The number of hydrogen-bond acceptors (Lipinski definition) is 3. The summed E-state index contributed by atoms with van der Waals surface area (Å²) in [4.78, 5) is 2.52. The highest BCUT2D eigenvalue weighted by Gasteiger charge is 2.17. The van der Waals surface area contributed by atoms with E-state index < -0.39 is 0 Å². The Morgan fingerprint density at radius 3 is 1.74 bits per heavy atom. The monoisotopic (exact) mass is 403 g/mol. The highest BCUT2D eigenvalue weighted by Crippen LogP contribution is 2.16. The number of nitrogens with two attached hydrogens (primary N) is 1. The Balaban J connectivity index is 0.00000676. The number of unbranched alkanes of at least 4 members (excludes halogenated alkanes) is 12. The van der Waals surface area contributed by atoms with Gasteiger partial charge in [-0.25, -0.2) is 0 Å².